The lowest BCUT2D eigenvalue weighted by molar-refractivity contribution is -0.359. The van der Waals surface area contributed by atoms with Crippen LogP contribution >= 0.6 is 0 Å². The molecule has 0 aliphatic carbocycles. The summed E-state index contributed by atoms with van der Waals surface area (Å²) in [4.78, 5) is 13.3. The highest BCUT2D eigenvalue weighted by atomic mass is 16.7. The number of unbranched alkanes of at least 4 members (excludes halogenated alkanes) is 48. The summed E-state index contributed by atoms with van der Waals surface area (Å²) < 4.78 is 22.9. The van der Waals surface area contributed by atoms with Crippen molar-refractivity contribution in [3.63, 3.8) is 0 Å². The molecular formula is C74H141NO13. The predicted octanol–water partition coefficient (Wildman–Crippen LogP) is 15.9. The molecule has 1 amide bonds. The van der Waals surface area contributed by atoms with Crippen LogP contribution in [0.25, 0.3) is 0 Å². The first kappa shape index (κ1) is 82.6. The Bertz CT molecular complexity index is 1570. The van der Waals surface area contributed by atoms with E-state index < -0.39 is 86.8 Å². The Hall–Kier alpha value is -1.53. The molecule has 520 valence electrons. The van der Waals surface area contributed by atoms with Crippen molar-refractivity contribution < 1.29 is 64.6 Å². The fraction of sp³-hybridized carbons (Fsp3) is 0.932. The zero-order valence-electron chi connectivity index (χ0n) is 56.7. The highest BCUT2D eigenvalue weighted by molar-refractivity contribution is 5.76. The Labute approximate surface area is 539 Å². The van der Waals surface area contributed by atoms with Crippen molar-refractivity contribution in [2.45, 2.75) is 421 Å². The molecule has 2 heterocycles. The second-order valence-corrected chi connectivity index (χ2v) is 26.8. The summed E-state index contributed by atoms with van der Waals surface area (Å²) in [7, 11) is 0. The van der Waals surface area contributed by atoms with Crippen molar-refractivity contribution >= 4 is 5.91 Å². The zero-order chi connectivity index (χ0) is 63.8. The number of hydrogen-bond donors (Lipinski definition) is 9. The second-order valence-electron chi connectivity index (χ2n) is 26.8. The number of allylic oxidation sites excluding steroid dienone is 3. The van der Waals surface area contributed by atoms with Crippen molar-refractivity contribution in [2.24, 2.45) is 0 Å². The lowest BCUT2D eigenvalue weighted by Crippen LogP contribution is -2.65. The number of nitrogens with one attached hydrogen (secondary N) is 1. The van der Waals surface area contributed by atoms with Gasteiger partial charge in [0.05, 0.1) is 32.0 Å². The third-order valence-electron chi connectivity index (χ3n) is 18.6. The van der Waals surface area contributed by atoms with E-state index >= 15 is 0 Å². The van der Waals surface area contributed by atoms with Gasteiger partial charge >= 0.3 is 0 Å². The van der Waals surface area contributed by atoms with Gasteiger partial charge in [-0.1, -0.05) is 334 Å². The average molecular weight is 1250 g/mol. The summed E-state index contributed by atoms with van der Waals surface area (Å²) >= 11 is 0. The van der Waals surface area contributed by atoms with E-state index in [4.69, 9.17) is 18.9 Å². The van der Waals surface area contributed by atoms with E-state index in [0.29, 0.717) is 12.8 Å². The van der Waals surface area contributed by atoms with Crippen LogP contribution in [0.4, 0.5) is 0 Å². The van der Waals surface area contributed by atoms with E-state index in [9.17, 15) is 45.6 Å². The number of carbonyl (C=O) groups is 1. The van der Waals surface area contributed by atoms with Crippen LogP contribution in [-0.4, -0.2) is 140 Å². The fourth-order valence-electron chi connectivity index (χ4n) is 12.7. The molecule has 0 aromatic heterocycles. The fourth-order valence-corrected chi connectivity index (χ4v) is 12.7. The number of ether oxygens (including phenoxy) is 4. The molecule has 0 spiro atoms. The number of hydrogen-bond acceptors (Lipinski definition) is 13. The molecule has 0 radical (unpaired) electrons. The largest absolute Gasteiger partial charge is 0.394 e. The average Bonchev–Trinajstić information content (AvgIpc) is 2.02. The molecule has 2 fully saturated rings. The minimum Gasteiger partial charge on any atom is -0.394 e. The van der Waals surface area contributed by atoms with Gasteiger partial charge in [0.1, 0.15) is 48.8 Å². The molecule has 0 saturated carbocycles. The van der Waals surface area contributed by atoms with Crippen LogP contribution in [0.3, 0.4) is 0 Å². The van der Waals surface area contributed by atoms with Crippen LogP contribution in [0.1, 0.15) is 348 Å². The lowest BCUT2D eigenvalue weighted by Gasteiger charge is -2.46. The summed E-state index contributed by atoms with van der Waals surface area (Å²) in [5.74, 6) is -0.241. The minimum absolute atomic E-state index is 0.241. The Balaban J connectivity index is 1.63. The third kappa shape index (κ3) is 42.6. The van der Waals surface area contributed by atoms with E-state index in [1.165, 1.54) is 283 Å². The molecule has 9 N–H and O–H groups in total. The van der Waals surface area contributed by atoms with Crippen molar-refractivity contribution in [3.8, 4) is 0 Å². The van der Waals surface area contributed by atoms with Crippen LogP contribution in [0.15, 0.2) is 24.3 Å². The maximum absolute atomic E-state index is 13.3. The number of amides is 1. The minimum atomic E-state index is -1.79. The van der Waals surface area contributed by atoms with E-state index in [1.807, 2.05) is 6.08 Å². The Kier molecular flexibility index (Phi) is 55.6. The van der Waals surface area contributed by atoms with Gasteiger partial charge in [0.2, 0.25) is 5.91 Å². The maximum Gasteiger partial charge on any atom is 0.220 e. The molecule has 0 aromatic carbocycles. The lowest BCUT2D eigenvalue weighted by atomic mass is 9.97. The van der Waals surface area contributed by atoms with Gasteiger partial charge in [0.15, 0.2) is 12.6 Å². The number of aliphatic hydroxyl groups is 8. The predicted molar refractivity (Wildman–Crippen MR) is 360 cm³/mol. The van der Waals surface area contributed by atoms with Gasteiger partial charge in [-0.05, 0) is 32.1 Å². The van der Waals surface area contributed by atoms with E-state index in [-0.39, 0.29) is 18.9 Å². The monoisotopic (exact) mass is 1250 g/mol. The quantitative estimate of drug-likeness (QED) is 0.0204. The van der Waals surface area contributed by atoms with Crippen LogP contribution in [0, 0.1) is 0 Å². The summed E-state index contributed by atoms with van der Waals surface area (Å²) in [6.45, 7) is 2.84. The van der Waals surface area contributed by atoms with Gasteiger partial charge < -0.3 is 65.1 Å². The molecule has 2 saturated heterocycles. The van der Waals surface area contributed by atoms with Crippen LogP contribution < -0.4 is 5.32 Å². The van der Waals surface area contributed by atoms with Gasteiger partial charge in [0, 0.05) is 6.42 Å². The smallest absolute Gasteiger partial charge is 0.220 e. The van der Waals surface area contributed by atoms with Gasteiger partial charge in [-0.2, -0.15) is 0 Å². The summed E-state index contributed by atoms with van der Waals surface area (Å²) in [6, 6.07) is -0.929. The molecule has 2 aliphatic heterocycles. The topological polar surface area (TPSA) is 228 Å². The van der Waals surface area contributed by atoms with Crippen LogP contribution in [0.5, 0.6) is 0 Å². The molecule has 14 nitrogen and oxygen atoms in total. The Morgan fingerprint density at radius 3 is 1.11 bits per heavy atom. The normalized spacial score (nSPS) is 23.2. The third-order valence-corrected chi connectivity index (χ3v) is 18.6. The number of aliphatic hydroxyl groups excluding tert-OH is 8. The molecule has 12 atom stereocenters. The number of rotatable bonds is 63. The second kappa shape index (κ2) is 59.2. The first-order chi connectivity index (χ1) is 43.1. The summed E-state index contributed by atoms with van der Waals surface area (Å²) in [5, 5.41) is 87.5. The van der Waals surface area contributed by atoms with E-state index in [0.717, 1.165) is 32.1 Å². The SMILES string of the molecule is CCCCCCCCCCCCCCCCC/C=C/CC/C=C/C(O)C(COC1OC(CO)C(OC2OC(CO)C(O)C(O)C2O)C(O)C1O)NC(=O)CCCCCCCCCCCCCCCCCCCCCCCCCCCCCCCCCCC. The first-order valence-corrected chi connectivity index (χ1v) is 37.6. The van der Waals surface area contributed by atoms with E-state index in [1.54, 1.807) is 6.08 Å². The van der Waals surface area contributed by atoms with Crippen molar-refractivity contribution in [2.75, 3.05) is 19.8 Å². The zero-order valence-corrected chi connectivity index (χ0v) is 56.7. The van der Waals surface area contributed by atoms with E-state index in [2.05, 4.69) is 31.3 Å². The van der Waals surface area contributed by atoms with Crippen molar-refractivity contribution in [1.82, 2.24) is 5.32 Å². The van der Waals surface area contributed by atoms with Crippen LogP contribution in [0.2, 0.25) is 0 Å². The molecule has 0 aromatic rings. The maximum atomic E-state index is 13.3. The van der Waals surface area contributed by atoms with Crippen molar-refractivity contribution in [3.05, 3.63) is 24.3 Å². The molecular weight excluding hydrogens is 1110 g/mol. The highest BCUT2D eigenvalue weighted by Gasteiger charge is 2.51. The van der Waals surface area contributed by atoms with Crippen molar-refractivity contribution in [1.29, 1.82) is 0 Å². The Morgan fingerprint density at radius 2 is 0.727 bits per heavy atom. The molecule has 2 aliphatic rings. The van der Waals surface area contributed by atoms with Gasteiger partial charge in [0.25, 0.3) is 0 Å². The summed E-state index contributed by atoms with van der Waals surface area (Å²) in [5.41, 5.74) is 0. The summed E-state index contributed by atoms with van der Waals surface area (Å²) in [6.07, 6.45) is 58.3. The molecule has 0 bridgehead atoms. The first-order valence-electron chi connectivity index (χ1n) is 37.6. The number of carbonyl (C=O) groups excluding carboxylic acids is 1. The standard InChI is InChI=1S/C74H141NO13/c1-3-5-7-9-11-13-15-17-19-21-23-25-26-27-28-29-30-31-32-33-34-35-36-38-40-42-44-46-48-50-52-54-56-58-66(79)75-62(63(78)57-55-53-51-49-47-45-43-41-39-37-24-22-20-18-16-14-12-10-8-6-4-2)61-85-73-71(84)69(82)72(65(60-77)87-73)88-74-70(83)68(81)67(80)64(59-76)86-74/h47,49,55,57,62-65,67-74,76-78,80-84H,3-46,48,50-54,56,58-61H2,1-2H3,(H,75,79)/b49-47+,57-55+. The molecule has 12 unspecified atom stereocenters. The molecule has 14 heteroatoms. The Morgan fingerprint density at radius 1 is 0.398 bits per heavy atom. The van der Waals surface area contributed by atoms with Gasteiger partial charge in [-0.3, -0.25) is 4.79 Å². The molecule has 88 heavy (non-hydrogen) atoms. The van der Waals surface area contributed by atoms with Gasteiger partial charge in [-0.25, -0.2) is 0 Å². The van der Waals surface area contributed by atoms with Crippen LogP contribution in [-0.2, 0) is 23.7 Å². The highest BCUT2D eigenvalue weighted by Crippen LogP contribution is 2.30. The van der Waals surface area contributed by atoms with Gasteiger partial charge in [-0.15, -0.1) is 0 Å². The molecule has 2 rings (SSSR count).